The van der Waals surface area contributed by atoms with Crippen LogP contribution in [0, 0.1) is 6.92 Å². The zero-order chi connectivity index (χ0) is 18.1. The van der Waals surface area contributed by atoms with Gasteiger partial charge in [0, 0.05) is 24.7 Å². The molecule has 134 valence electrons. The maximum Gasteiger partial charge on any atom is 0.257 e. The summed E-state index contributed by atoms with van der Waals surface area (Å²) >= 11 is 0. The molecule has 0 aliphatic carbocycles. The van der Waals surface area contributed by atoms with Crippen molar-refractivity contribution in [2.45, 2.75) is 45.1 Å². The smallest absolute Gasteiger partial charge is 0.257 e. The van der Waals surface area contributed by atoms with E-state index in [9.17, 15) is 4.79 Å². The molecule has 1 aromatic carbocycles. The van der Waals surface area contributed by atoms with E-state index in [0.29, 0.717) is 17.2 Å². The van der Waals surface area contributed by atoms with E-state index in [2.05, 4.69) is 41.3 Å². The van der Waals surface area contributed by atoms with Crippen LogP contribution in [0.15, 0.2) is 47.1 Å². The number of nitrogens with zero attached hydrogens (tertiary/aromatic N) is 3. The molecule has 1 aliphatic rings. The lowest BCUT2D eigenvalue weighted by Crippen LogP contribution is -2.39. The molecule has 4 rings (SSSR count). The summed E-state index contributed by atoms with van der Waals surface area (Å²) in [7, 11) is 0. The van der Waals surface area contributed by atoms with Gasteiger partial charge in [-0.15, -0.1) is 0 Å². The van der Waals surface area contributed by atoms with Crippen molar-refractivity contribution in [3.63, 3.8) is 0 Å². The Kier molecular flexibility index (Phi) is 4.45. The maximum absolute atomic E-state index is 13.2. The minimum atomic E-state index is 0.0527. The number of hydrogen-bond acceptors (Lipinski definition) is 4. The van der Waals surface area contributed by atoms with Crippen LogP contribution in [-0.2, 0) is 0 Å². The first-order valence-corrected chi connectivity index (χ1v) is 9.27. The van der Waals surface area contributed by atoms with Crippen molar-refractivity contribution in [2.24, 2.45) is 0 Å². The van der Waals surface area contributed by atoms with E-state index in [4.69, 9.17) is 4.52 Å². The van der Waals surface area contributed by atoms with Crippen molar-refractivity contribution in [1.29, 1.82) is 0 Å². The predicted octanol–water partition coefficient (Wildman–Crippen LogP) is 4.33. The first-order valence-electron chi connectivity index (χ1n) is 9.27. The van der Waals surface area contributed by atoms with E-state index in [-0.39, 0.29) is 11.9 Å². The highest BCUT2D eigenvalue weighted by atomic mass is 16.5. The van der Waals surface area contributed by atoms with E-state index < -0.39 is 0 Å². The lowest BCUT2D eigenvalue weighted by Gasteiger charge is -2.31. The molecule has 5 nitrogen and oxygen atoms in total. The molecule has 26 heavy (non-hydrogen) atoms. The Morgan fingerprint density at radius 1 is 1.35 bits per heavy atom. The maximum atomic E-state index is 13.2. The van der Waals surface area contributed by atoms with Crippen molar-refractivity contribution in [2.75, 3.05) is 6.54 Å². The average molecular weight is 349 g/mol. The van der Waals surface area contributed by atoms with Gasteiger partial charge in [-0.05, 0) is 37.8 Å². The van der Waals surface area contributed by atoms with Crippen LogP contribution in [-0.4, -0.2) is 33.5 Å². The van der Waals surface area contributed by atoms with Gasteiger partial charge < -0.3 is 9.42 Å². The minimum absolute atomic E-state index is 0.0527. The van der Waals surface area contributed by atoms with Gasteiger partial charge in [-0.1, -0.05) is 42.4 Å². The van der Waals surface area contributed by atoms with Crippen LogP contribution >= 0.6 is 0 Å². The summed E-state index contributed by atoms with van der Waals surface area (Å²) < 4.78 is 5.16. The highest BCUT2D eigenvalue weighted by Gasteiger charge is 2.35. The molecule has 2 unspecified atom stereocenters. The zero-order valence-electron chi connectivity index (χ0n) is 15.2. The summed E-state index contributed by atoms with van der Waals surface area (Å²) in [6.45, 7) is 4.86. The van der Waals surface area contributed by atoms with Gasteiger partial charge >= 0.3 is 0 Å². The molecular weight excluding hydrogens is 326 g/mol. The molecule has 0 radical (unpaired) electrons. The van der Waals surface area contributed by atoms with Gasteiger partial charge in [-0.3, -0.25) is 4.79 Å². The highest BCUT2D eigenvalue weighted by Crippen LogP contribution is 2.34. The van der Waals surface area contributed by atoms with Crippen LogP contribution < -0.4 is 0 Å². The van der Waals surface area contributed by atoms with Crippen LogP contribution in [0.5, 0.6) is 0 Å². The summed E-state index contributed by atoms with van der Waals surface area (Å²) in [5.74, 6) is 0.411. The summed E-state index contributed by atoms with van der Waals surface area (Å²) in [5.41, 5.74) is 3.16. The summed E-state index contributed by atoms with van der Waals surface area (Å²) in [6, 6.07) is 12.6. The predicted molar refractivity (Wildman–Crippen MR) is 100 cm³/mol. The molecule has 0 bridgehead atoms. The van der Waals surface area contributed by atoms with Gasteiger partial charge in [0.2, 0.25) is 0 Å². The van der Waals surface area contributed by atoms with Crippen molar-refractivity contribution >= 4 is 17.0 Å². The first-order chi connectivity index (χ1) is 12.7. The Morgan fingerprint density at radius 2 is 2.15 bits per heavy atom. The van der Waals surface area contributed by atoms with E-state index in [1.807, 2.05) is 24.0 Å². The van der Waals surface area contributed by atoms with Crippen molar-refractivity contribution in [3.8, 4) is 0 Å². The third kappa shape index (κ3) is 2.87. The van der Waals surface area contributed by atoms with Crippen molar-refractivity contribution in [3.05, 3.63) is 59.4 Å². The lowest BCUT2D eigenvalue weighted by molar-refractivity contribution is 0.0714. The van der Waals surface area contributed by atoms with Crippen LogP contribution in [0.2, 0.25) is 0 Å². The van der Waals surface area contributed by atoms with E-state index >= 15 is 0 Å². The molecule has 3 heterocycles. The molecule has 5 heteroatoms. The largest absolute Gasteiger partial charge is 0.336 e. The molecule has 1 fully saturated rings. The van der Waals surface area contributed by atoms with Crippen LogP contribution in [0.3, 0.4) is 0 Å². The third-order valence-corrected chi connectivity index (χ3v) is 5.45. The molecule has 2 atom stereocenters. The highest BCUT2D eigenvalue weighted by molar-refractivity contribution is 5.97. The van der Waals surface area contributed by atoms with Crippen LogP contribution in [0.25, 0.3) is 11.1 Å². The Morgan fingerprint density at radius 3 is 2.92 bits per heavy atom. The van der Waals surface area contributed by atoms with Gasteiger partial charge in [0.15, 0.2) is 0 Å². The first kappa shape index (κ1) is 16.8. The fraction of sp³-hybridized carbons (Fsp3) is 0.381. The Bertz CT molecular complexity index is 919. The fourth-order valence-corrected chi connectivity index (χ4v) is 4.12. The Labute approximate surface area is 153 Å². The molecule has 0 N–H and O–H groups in total. The number of pyridine rings is 1. The summed E-state index contributed by atoms with van der Waals surface area (Å²) in [5, 5.41) is 4.73. The van der Waals surface area contributed by atoms with E-state index in [1.54, 1.807) is 6.20 Å². The SMILES string of the molecule is CCC(c1ccccc1)C1CCCN1C(=O)c1cnc2onc(C)c2c1. The number of aryl methyl sites for hydroxylation is 1. The standard InChI is InChI=1S/C21H23N3O2/c1-3-17(15-8-5-4-6-9-15)19-10-7-11-24(19)21(25)16-12-18-14(2)23-26-20(18)22-13-16/h4-6,8-9,12-13,17,19H,3,7,10-11H2,1-2H3. The molecular formula is C21H23N3O2. The average Bonchev–Trinajstić information content (AvgIpc) is 3.30. The monoisotopic (exact) mass is 349 g/mol. The number of benzene rings is 1. The second kappa shape index (κ2) is 6.90. The molecule has 1 amide bonds. The lowest BCUT2D eigenvalue weighted by atomic mass is 9.87. The number of fused-ring (bicyclic) bond motifs is 1. The Hall–Kier alpha value is -2.69. The number of amides is 1. The minimum Gasteiger partial charge on any atom is -0.336 e. The van der Waals surface area contributed by atoms with Crippen molar-refractivity contribution < 1.29 is 9.32 Å². The van der Waals surface area contributed by atoms with Gasteiger partial charge in [0.1, 0.15) is 0 Å². The van der Waals surface area contributed by atoms with Crippen LogP contribution in [0.4, 0.5) is 0 Å². The number of aromatic nitrogens is 2. The van der Waals surface area contributed by atoms with Gasteiger partial charge in [-0.25, -0.2) is 4.98 Å². The van der Waals surface area contributed by atoms with E-state index in [0.717, 1.165) is 36.9 Å². The number of carbonyl (C=O) groups excluding carboxylic acids is 1. The number of carbonyl (C=O) groups is 1. The molecule has 1 saturated heterocycles. The fourth-order valence-electron chi connectivity index (χ4n) is 4.12. The zero-order valence-corrected chi connectivity index (χ0v) is 15.2. The van der Waals surface area contributed by atoms with Gasteiger partial charge in [0.05, 0.1) is 16.6 Å². The normalized spacial score (nSPS) is 18.4. The molecule has 0 saturated carbocycles. The molecule has 2 aromatic heterocycles. The van der Waals surface area contributed by atoms with E-state index in [1.165, 1.54) is 5.56 Å². The summed E-state index contributed by atoms with van der Waals surface area (Å²) in [6.07, 6.45) is 4.71. The Balaban J connectivity index is 1.64. The number of hydrogen-bond donors (Lipinski definition) is 0. The molecule has 1 aliphatic heterocycles. The number of rotatable bonds is 4. The third-order valence-electron chi connectivity index (χ3n) is 5.45. The van der Waals surface area contributed by atoms with Gasteiger partial charge in [-0.2, -0.15) is 0 Å². The second-order valence-corrected chi connectivity index (χ2v) is 6.98. The topological polar surface area (TPSA) is 59.2 Å². The number of likely N-dealkylation sites (tertiary alicyclic amines) is 1. The van der Waals surface area contributed by atoms with Crippen molar-refractivity contribution in [1.82, 2.24) is 15.0 Å². The second-order valence-electron chi connectivity index (χ2n) is 6.98. The summed E-state index contributed by atoms with van der Waals surface area (Å²) in [4.78, 5) is 19.5. The molecule has 3 aromatic rings. The quantitative estimate of drug-likeness (QED) is 0.703. The van der Waals surface area contributed by atoms with Gasteiger partial charge in [0.25, 0.3) is 11.6 Å². The molecule has 0 spiro atoms. The van der Waals surface area contributed by atoms with Crippen LogP contribution in [0.1, 0.15) is 53.7 Å².